The van der Waals surface area contributed by atoms with E-state index < -0.39 is 6.55 Å². The van der Waals surface area contributed by atoms with E-state index in [1.807, 2.05) is 19.4 Å². The second-order valence-corrected chi connectivity index (χ2v) is 5.81. The van der Waals surface area contributed by atoms with Gasteiger partial charge in [0, 0.05) is 51.7 Å². The monoisotopic (exact) mass is 337 g/mol. The van der Waals surface area contributed by atoms with Gasteiger partial charge in [0.15, 0.2) is 5.96 Å². The van der Waals surface area contributed by atoms with Gasteiger partial charge in [-0.1, -0.05) is 0 Å². The zero-order valence-corrected chi connectivity index (χ0v) is 13.7. The van der Waals surface area contributed by atoms with Crippen LogP contribution in [0.5, 0.6) is 0 Å². The van der Waals surface area contributed by atoms with Gasteiger partial charge in [0.1, 0.15) is 5.82 Å². The van der Waals surface area contributed by atoms with E-state index in [0.717, 1.165) is 24.1 Å². The number of aryl methyl sites for hydroxylation is 1. The third-order valence-electron chi connectivity index (χ3n) is 4.26. The molecule has 2 aromatic heterocycles. The maximum absolute atomic E-state index is 12.9. The van der Waals surface area contributed by atoms with Crippen molar-refractivity contribution in [2.24, 2.45) is 12.0 Å². The molecule has 0 bridgehead atoms. The summed E-state index contributed by atoms with van der Waals surface area (Å²) in [6.07, 6.45) is 7.59. The molecule has 24 heavy (non-hydrogen) atoms. The number of halogens is 2. The Morgan fingerprint density at radius 1 is 1.50 bits per heavy atom. The van der Waals surface area contributed by atoms with Crippen LogP contribution in [0.1, 0.15) is 30.3 Å². The summed E-state index contributed by atoms with van der Waals surface area (Å²) < 4.78 is 28.4. The van der Waals surface area contributed by atoms with Gasteiger partial charge in [-0.25, -0.2) is 4.98 Å². The molecule has 0 saturated carbocycles. The number of alkyl halides is 2. The number of nitrogens with zero attached hydrogens (tertiary/aromatic N) is 6. The highest BCUT2D eigenvalue weighted by molar-refractivity contribution is 5.80. The fourth-order valence-corrected chi connectivity index (χ4v) is 3.02. The number of rotatable bonds is 4. The average Bonchev–Trinajstić information content (AvgIpc) is 3.27. The molecule has 1 unspecified atom stereocenters. The topological polar surface area (TPSA) is 63.3 Å². The molecule has 0 amide bonds. The number of aromatic nitrogens is 4. The van der Waals surface area contributed by atoms with Crippen LogP contribution in [0.15, 0.2) is 29.8 Å². The summed E-state index contributed by atoms with van der Waals surface area (Å²) >= 11 is 0. The summed E-state index contributed by atoms with van der Waals surface area (Å²) in [7, 11) is 3.60. The smallest absolute Gasteiger partial charge is 0.319 e. The maximum Gasteiger partial charge on any atom is 0.319 e. The predicted octanol–water partition coefficient (Wildman–Crippen LogP) is 1.58. The summed E-state index contributed by atoms with van der Waals surface area (Å²) in [4.78, 5) is 10.4. The molecule has 0 spiro atoms. The Balaban J connectivity index is 1.60. The minimum absolute atomic E-state index is 0.206. The molecule has 1 fully saturated rings. The lowest BCUT2D eigenvalue weighted by molar-refractivity contribution is 0.0668. The van der Waals surface area contributed by atoms with Crippen LogP contribution < -0.4 is 5.32 Å². The van der Waals surface area contributed by atoms with Crippen LogP contribution in [-0.4, -0.2) is 50.3 Å². The minimum atomic E-state index is -2.59. The van der Waals surface area contributed by atoms with E-state index in [1.54, 1.807) is 11.7 Å². The first-order valence-corrected chi connectivity index (χ1v) is 7.82. The van der Waals surface area contributed by atoms with E-state index >= 15 is 0 Å². The Hall–Kier alpha value is -2.45. The summed E-state index contributed by atoms with van der Waals surface area (Å²) in [6.45, 7) is -0.692. The molecular formula is C15H21F2N7. The Kier molecular flexibility index (Phi) is 4.77. The number of guanidine groups is 1. The summed E-state index contributed by atoms with van der Waals surface area (Å²) in [5.74, 6) is 1.39. The fourth-order valence-electron chi connectivity index (χ4n) is 3.02. The lowest BCUT2D eigenvalue weighted by atomic mass is 10.0. The highest BCUT2D eigenvalue weighted by atomic mass is 19.3. The first kappa shape index (κ1) is 16.4. The van der Waals surface area contributed by atoms with Crippen LogP contribution in [0.2, 0.25) is 0 Å². The van der Waals surface area contributed by atoms with Gasteiger partial charge in [0.2, 0.25) is 0 Å². The second kappa shape index (κ2) is 6.98. The molecule has 0 aromatic carbocycles. The van der Waals surface area contributed by atoms with E-state index in [1.165, 1.54) is 18.0 Å². The Morgan fingerprint density at radius 3 is 3.00 bits per heavy atom. The zero-order valence-electron chi connectivity index (χ0n) is 13.7. The van der Waals surface area contributed by atoms with Crippen molar-refractivity contribution in [3.05, 3.63) is 36.2 Å². The first-order chi connectivity index (χ1) is 11.6. The summed E-state index contributed by atoms with van der Waals surface area (Å²) in [5, 5.41) is 7.34. The van der Waals surface area contributed by atoms with Gasteiger partial charge >= 0.3 is 6.55 Å². The highest BCUT2D eigenvalue weighted by Gasteiger charge is 2.27. The Morgan fingerprint density at radius 2 is 2.33 bits per heavy atom. The van der Waals surface area contributed by atoms with Gasteiger partial charge in [-0.15, -0.1) is 0 Å². The van der Waals surface area contributed by atoms with E-state index in [9.17, 15) is 8.78 Å². The van der Waals surface area contributed by atoms with Crippen LogP contribution in [0.3, 0.4) is 0 Å². The maximum atomic E-state index is 12.9. The number of aliphatic imine (C=N–C) groups is 1. The van der Waals surface area contributed by atoms with E-state index in [-0.39, 0.29) is 12.4 Å². The van der Waals surface area contributed by atoms with E-state index in [0.29, 0.717) is 11.9 Å². The summed E-state index contributed by atoms with van der Waals surface area (Å²) in [6, 6.07) is 0. The minimum Gasteiger partial charge on any atom is -0.349 e. The average molecular weight is 337 g/mol. The van der Waals surface area contributed by atoms with Crippen LogP contribution in [0, 0.1) is 0 Å². The molecule has 9 heteroatoms. The molecule has 130 valence electrons. The standard InChI is InChI=1S/C15H21F2N7/c1-18-15(20-8-13-19-4-6-24(13)14(16)17)23-5-3-11(10-23)12-7-21-22(2)9-12/h4,6-7,9,11,14H,3,5,8,10H2,1-2H3,(H,18,20). The first-order valence-electron chi connectivity index (χ1n) is 7.82. The van der Waals surface area contributed by atoms with Crippen LogP contribution >= 0.6 is 0 Å². The van der Waals surface area contributed by atoms with Crippen LogP contribution in [0.4, 0.5) is 8.78 Å². The number of hydrogen-bond acceptors (Lipinski definition) is 3. The van der Waals surface area contributed by atoms with Gasteiger partial charge < -0.3 is 10.2 Å². The van der Waals surface area contributed by atoms with Gasteiger partial charge in [0.05, 0.1) is 12.7 Å². The molecule has 3 heterocycles. The van der Waals surface area contributed by atoms with Gasteiger partial charge in [-0.05, 0) is 12.0 Å². The lowest BCUT2D eigenvalue weighted by Gasteiger charge is -2.21. The van der Waals surface area contributed by atoms with Gasteiger partial charge in [-0.2, -0.15) is 13.9 Å². The van der Waals surface area contributed by atoms with Crippen LogP contribution in [0.25, 0.3) is 0 Å². The van der Waals surface area contributed by atoms with Gasteiger partial charge in [-0.3, -0.25) is 14.2 Å². The molecule has 1 aliphatic heterocycles. The lowest BCUT2D eigenvalue weighted by Crippen LogP contribution is -2.40. The normalized spacial score (nSPS) is 18.6. The summed E-state index contributed by atoms with van der Waals surface area (Å²) in [5.41, 5.74) is 1.21. The van der Waals surface area contributed by atoms with Crippen molar-refractivity contribution >= 4 is 5.96 Å². The number of nitrogens with one attached hydrogen (secondary N) is 1. The molecule has 0 radical (unpaired) electrons. The van der Waals surface area contributed by atoms with Crippen molar-refractivity contribution in [1.29, 1.82) is 0 Å². The second-order valence-electron chi connectivity index (χ2n) is 5.81. The molecule has 1 atom stereocenters. The quantitative estimate of drug-likeness (QED) is 0.680. The number of hydrogen-bond donors (Lipinski definition) is 1. The molecule has 1 aliphatic rings. The molecular weight excluding hydrogens is 316 g/mol. The predicted molar refractivity (Wildman–Crippen MR) is 85.8 cm³/mol. The SMILES string of the molecule is CN=C(NCc1nccn1C(F)F)N1CCC(c2cnn(C)c2)C1. The van der Waals surface area contributed by atoms with E-state index in [4.69, 9.17) is 0 Å². The molecule has 7 nitrogen and oxygen atoms in total. The molecule has 1 saturated heterocycles. The molecule has 0 aliphatic carbocycles. The largest absolute Gasteiger partial charge is 0.349 e. The molecule has 3 rings (SSSR count). The third-order valence-corrected chi connectivity index (χ3v) is 4.26. The third kappa shape index (κ3) is 3.39. The molecule has 1 N–H and O–H groups in total. The number of likely N-dealkylation sites (tertiary alicyclic amines) is 1. The Bertz CT molecular complexity index is 706. The Labute approximate surface area is 139 Å². The fraction of sp³-hybridized carbons (Fsp3) is 0.533. The van der Waals surface area contributed by atoms with Crippen molar-refractivity contribution in [3.8, 4) is 0 Å². The zero-order chi connectivity index (χ0) is 17.1. The number of imidazole rings is 1. The highest BCUT2D eigenvalue weighted by Crippen LogP contribution is 2.26. The van der Waals surface area contributed by atoms with Gasteiger partial charge in [0.25, 0.3) is 0 Å². The van der Waals surface area contributed by atoms with Crippen molar-refractivity contribution in [2.45, 2.75) is 25.4 Å². The van der Waals surface area contributed by atoms with E-state index in [2.05, 4.69) is 25.3 Å². The van der Waals surface area contributed by atoms with Crippen LogP contribution in [-0.2, 0) is 13.6 Å². The van der Waals surface area contributed by atoms with Crippen molar-refractivity contribution in [1.82, 2.24) is 29.5 Å². The van der Waals surface area contributed by atoms with Crippen molar-refractivity contribution < 1.29 is 8.78 Å². The van der Waals surface area contributed by atoms with Crippen molar-refractivity contribution in [3.63, 3.8) is 0 Å². The molecule has 2 aromatic rings. The van der Waals surface area contributed by atoms with Crippen molar-refractivity contribution in [2.75, 3.05) is 20.1 Å².